The Morgan fingerprint density at radius 1 is 1.58 bits per heavy atom. The van der Waals surface area contributed by atoms with E-state index in [1.54, 1.807) is 29.7 Å². The highest BCUT2D eigenvalue weighted by molar-refractivity contribution is 5.95. The fourth-order valence-electron chi connectivity index (χ4n) is 2.02. The number of carbonyl (C=O) groups excluding carboxylic acids is 1. The quantitative estimate of drug-likeness (QED) is 0.863. The highest BCUT2D eigenvalue weighted by atomic mass is 16.4. The summed E-state index contributed by atoms with van der Waals surface area (Å²) >= 11 is 0. The predicted octanol–water partition coefficient (Wildman–Crippen LogP) is 1.05. The summed E-state index contributed by atoms with van der Waals surface area (Å²) in [5, 5.41) is 13.1. The van der Waals surface area contributed by atoms with E-state index in [2.05, 4.69) is 5.10 Å². The van der Waals surface area contributed by atoms with Gasteiger partial charge < -0.3 is 10.0 Å². The first-order chi connectivity index (χ1) is 8.91. The van der Waals surface area contributed by atoms with Crippen LogP contribution in [0.5, 0.6) is 0 Å². The van der Waals surface area contributed by atoms with Crippen LogP contribution in [-0.2, 0) is 11.8 Å². The lowest BCUT2D eigenvalue weighted by Gasteiger charge is -2.24. The van der Waals surface area contributed by atoms with Crippen LogP contribution in [0.3, 0.4) is 0 Å². The molecule has 104 valence electrons. The SMILES string of the molecule is Cc1c(C(=O)N(CC(C)C(=O)O)C2CC2)cnn1C. The van der Waals surface area contributed by atoms with Crippen molar-refractivity contribution >= 4 is 11.9 Å². The molecule has 1 fully saturated rings. The number of carboxylic acids is 1. The molecule has 1 aromatic heterocycles. The van der Waals surface area contributed by atoms with E-state index in [9.17, 15) is 9.59 Å². The van der Waals surface area contributed by atoms with Crippen LogP contribution in [0.25, 0.3) is 0 Å². The molecule has 0 aromatic carbocycles. The van der Waals surface area contributed by atoms with Crippen molar-refractivity contribution in [1.82, 2.24) is 14.7 Å². The third-order valence-corrected chi connectivity index (χ3v) is 3.61. The molecule has 1 aliphatic carbocycles. The van der Waals surface area contributed by atoms with Gasteiger partial charge in [-0.3, -0.25) is 14.3 Å². The van der Waals surface area contributed by atoms with Crippen LogP contribution in [0.1, 0.15) is 35.8 Å². The number of hydrogen-bond acceptors (Lipinski definition) is 3. The summed E-state index contributed by atoms with van der Waals surface area (Å²) in [6, 6.07) is 0.189. The van der Waals surface area contributed by atoms with Gasteiger partial charge in [-0.1, -0.05) is 6.92 Å². The van der Waals surface area contributed by atoms with E-state index in [0.29, 0.717) is 5.56 Å². The Labute approximate surface area is 112 Å². The van der Waals surface area contributed by atoms with Gasteiger partial charge in [-0.25, -0.2) is 0 Å². The Balaban J connectivity index is 2.17. The Kier molecular flexibility index (Phi) is 3.59. The zero-order valence-electron chi connectivity index (χ0n) is 11.5. The minimum Gasteiger partial charge on any atom is -0.481 e. The molecule has 0 bridgehead atoms. The summed E-state index contributed by atoms with van der Waals surface area (Å²) < 4.78 is 1.65. The van der Waals surface area contributed by atoms with Crippen molar-refractivity contribution in [2.45, 2.75) is 32.7 Å². The van der Waals surface area contributed by atoms with Crippen molar-refractivity contribution in [3.05, 3.63) is 17.5 Å². The van der Waals surface area contributed by atoms with E-state index in [4.69, 9.17) is 5.11 Å². The molecule has 1 unspecified atom stereocenters. The lowest BCUT2D eigenvalue weighted by molar-refractivity contribution is -0.141. The topological polar surface area (TPSA) is 75.4 Å². The van der Waals surface area contributed by atoms with Gasteiger partial charge in [0.1, 0.15) is 0 Å². The summed E-state index contributed by atoms with van der Waals surface area (Å²) in [5.74, 6) is -1.54. The number of aryl methyl sites for hydroxylation is 1. The summed E-state index contributed by atoms with van der Waals surface area (Å²) in [7, 11) is 1.79. The van der Waals surface area contributed by atoms with Gasteiger partial charge in [0.25, 0.3) is 5.91 Å². The number of rotatable bonds is 5. The lowest BCUT2D eigenvalue weighted by atomic mass is 10.1. The monoisotopic (exact) mass is 265 g/mol. The molecule has 6 heteroatoms. The van der Waals surface area contributed by atoms with Gasteiger partial charge >= 0.3 is 5.97 Å². The highest BCUT2D eigenvalue weighted by Gasteiger charge is 2.35. The number of nitrogens with zero attached hydrogens (tertiary/aromatic N) is 3. The van der Waals surface area contributed by atoms with E-state index in [1.807, 2.05) is 6.92 Å². The first-order valence-electron chi connectivity index (χ1n) is 6.44. The van der Waals surface area contributed by atoms with E-state index in [0.717, 1.165) is 18.5 Å². The molecule has 1 amide bonds. The second-order valence-electron chi connectivity index (χ2n) is 5.20. The first kappa shape index (κ1) is 13.6. The molecule has 2 rings (SSSR count). The number of carbonyl (C=O) groups is 2. The minimum atomic E-state index is -0.874. The van der Waals surface area contributed by atoms with E-state index >= 15 is 0 Å². The van der Waals surface area contributed by atoms with E-state index in [-0.39, 0.29) is 18.5 Å². The Bertz CT molecular complexity index is 505. The molecule has 1 saturated carbocycles. The maximum Gasteiger partial charge on any atom is 0.308 e. The molecule has 6 nitrogen and oxygen atoms in total. The molecular formula is C13H19N3O3. The zero-order valence-corrected chi connectivity index (χ0v) is 11.5. The molecule has 0 spiro atoms. The predicted molar refractivity (Wildman–Crippen MR) is 68.8 cm³/mol. The van der Waals surface area contributed by atoms with Gasteiger partial charge in [-0.05, 0) is 19.8 Å². The van der Waals surface area contributed by atoms with Gasteiger partial charge in [0.15, 0.2) is 0 Å². The fraction of sp³-hybridized carbons (Fsp3) is 0.615. The first-order valence-corrected chi connectivity index (χ1v) is 6.44. The van der Waals surface area contributed by atoms with Gasteiger partial charge in [-0.15, -0.1) is 0 Å². The molecule has 1 aliphatic rings. The Hall–Kier alpha value is -1.85. The third-order valence-electron chi connectivity index (χ3n) is 3.61. The van der Waals surface area contributed by atoms with E-state index < -0.39 is 11.9 Å². The average molecular weight is 265 g/mol. The van der Waals surface area contributed by atoms with Crippen LogP contribution in [-0.4, -0.2) is 44.3 Å². The van der Waals surface area contributed by atoms with Crippen LogP contribution in [0.2, 0.25) is 0 Å². The molecule has 1 N–H and O–H groups in total. The molecule has 0 saturated heterocycles. The largest absolute Gasteiger partial charge is 0.481 e. The molecule has 1 heterocycles. The molecule has 1 aromatic rings. The Morgan fingerprint density at radius 2 is 2.21 bits per heavy atom. The van der Waals surface area contributed by atoms with Crippen LogP contribution in [0.4, 0.5) is 0 Å². The number of carboxylic acid groups (broad SMARTS) is 1. The molecule has 19 heavy (non-hydrogen) atoms. The van der Waals surface area contributed by atoms with Crippen molar-refractivity contribution in [2.24, 2.45) is 13.0 Å². The maximum absolute atomic E-state index is 12.5. The highest BCUT2D eigenvalue weighted by Crippen LogP contribution is 2.29. The third kappa shape index (κ3) is 2.77. The summed E-state index contributed by atoms with van der Waals surface area (Å²) in [4.78, 5) is 25.1. The van der Waals surface area contributed by atoms with Crippen molar-refractivity contribution in [2.75, 3.05) is 6.54 Å². The van der Waals surface area contributed by atoms with Crippen molar-refractivity contribution in [1.29, 1.82) is 0 Å². The van der Waals surface area contributed by atoms with Gasteiger partial charge in [0.2, 0.25) is 0 Å². The van der Waals surface area contributed by atoms with E-state index in [1.165, 1.54) is 0 Å². The normalized spacial score (nSPS) is 16.2. The van der Waals surface area contributed by atoms with Crippen LogP contribution in [0.15, 0.2) is 6.20 Å². The average Bonchev–Trinajstić information content (AvgIpc) is 3.14. The summed E-state index contributed by atoms with van der Waals surface area (Å²) in [5.41, 5.74) is 1.37. The smallest absolute Gasteiger partial charge is 0.308 e. The maximum atomic E-state index is 12.5. The molecular weight excluding hydrogens is 246 g/mol. The second-order valence-corrected chi connectivity index (χ2v) is 5.20. The fourth-order valence-corrected chi connectivity index (χ4v) is 2.02. The number of amides is 1. The van der Waals surface area contributed by atoms with Crippen LogP contribution >= 0.6 is 0 Å². The number of aromatic nitrogens is 2. The zero-order chi connectivity index (χ0) is 14.2. The van der Waals surface area contributed by atoms with Gasteiger partial charge in [-0.2, -0.15) is 5.10 Å². The number of hydrogen-bond donors (Lipinski definition) is 1. The van der Waals surface area contributed by atoms with Crippen molar-refractivity contribution in [3.63, 3.8) is 0 Å². The van der Waals surface area contributed by atoms with Crippen molar-refractivity contribution < 1.29 is 14.7 Å². The number of aliphatic carboxylic acids is 1. The van der Waals surface area contributed by atoms with Gasteiger partial charge in [0.05, 0.1) is 17.7 Å². The standard InChI is InChI=1S/C13H19N3O3/c1-8(13(18)19)7-16(10-4-5-10)12(17)11-6-14-15(3)9(11)2/h6,8,10H,4-5,7H2,1-3H3,(H,18,19). The minimum absolute atomic E-state index is 0.110. The van der Waals surface area contributed by atoms with Gasteiger partial charge in [0, 0.05) is 25.3 Å². The lowest BCUT2D eigenvalue weighted by Crippen LogP contribution is -2.38. The molecule has 0 aliphatic heterocycles. The van der Waals surface area contributed by atoms with Crippen LogP contribution < -0.4 is 0 Å². The molecule has 1 atom stereocenters. The van der Waals surface area contributed by atoms with Crippen molar-refractivity contribution in [3.8, 4) is 0 Å². The summed E-state index contributed by atoms with van der Waals surface area (Å²) in [6.07, 6.45) is 3.47. The Morgan fingerprint density at radius 3 is 2.63 bits per heavy atom. The second kappa shape index (κ2) is 5.03. The van der Waals surface area contributed by atoms with Crippen LogP contribution in [0, 0.1) is 12.8 Å². The molecule has 0 radical (unpaired) electrons. The summed E-state index contributed by atoms with van der Waals surface area (Å²) in [6.45, 7) is 3.72.